The summed E-state index contributed by atoms with van der Waals surface area (Å²) in [5.74, 6) is -0.291. The Hall–Kier alpha value is -0.690. The highest BCUT2D eigenvalue weighted by Gasteiger charge is 2.50. The van der Waals surface area contributed by atoms with Crippen LogP contribution in [0.5, 0.6) is 0 Å². The maximum Gasteiger partial charge on any atom is 0.141 e. The lowest BCUT2D eigenvalue weighted by Crippen LogP contribution is -2.49. The fraction of sp³-hybridized carbons (Fsp3) is 0.688. The third-order valence-corrected chi connectivity index (χ3v) is 6.34. The van der Waals surface area contributed by atoms with Gasteiger partial charge in [0.25, 0.3) is 0 Å². The highest BCUT2D eigenvalue weighted by atomic mass is 32.2. The van der Waals surface area contributed by atoms with Gasteiger partial charge in [0, 0.05) is 16.8 Å². The molecule has 0 aromatic carbocycles. The molecule has 0 bridgehead atoms. The standard InChI is InChI=1S/C16H24FN3OS/c1-15(2,3)22(21)20-14-13-11(8-12(17)10-19-13)9-16(14)4-6-18-7-5-16/h8,10,14,18,20H,4-7,9H2,1-3H3. The Morgan fingerprint density at radius 3 is 2.73 bits per heavy atom. The monoisotopic (exact) mass is 325 g/mol. The molecule has 2 atom stereocenters. The van der Waals surface area contributed by atoms with Crippen LogP contribution in [0, 0.1) is 11.2 Å². The van der Waals surface area contributed by atoms with Crippen molar-refractivity contribution < 1.29 is 8.94 Å². The predicted molar refractivity (Wildman–Crippen MR) is 86.2 cm³/mol. The van der Waals surface area contributed by atoms with Crippen LogP contribution < -0.4 is 10.0 Å². The first-order valence-electron chi connectivity index (χ1n) is 7.85. The van der Waals surface area contributed by atoms with Crippen LogP contribution in [-0.4, -0.2) is 27.4 Å². The first-order chi connectivity index (χ1) is 10.3. The Kier molecular flexibility index (Phi) is 4.22. The molecule has 1 saturated heterocycles. The molecular formula is C16H24FN3OS. The van der Waals surface area contributed by atoms with Crippen molar-refractivity contribution in [1.82, 2.24) is 15.0 Å². The number of piperidine rings is 1. The number of hydrogen-bond donors (Lipinski definition) is 2. The summed E-state index contributed by atoms with van der Waals surface area (Å²) in [6, 6.07) is 1.53. The fourth-order valence-electron chi connectivity index (χ4n) is 3.52. The molecule has 0 saturated carbocycles. The van der Waals surface area contributed by atoms with E-state index in [1.54, 1.807) is 6.07 Å². The van der Waals surface area contributed by atoms with Gasteiger partial charge in [0.1, 0.15) is 16.6 Å². The molecule has 2 heterocycles. The largest absolute Gasteiger partial charge is 0.598 e. The zero-order chi connectivity index (χ0) is 16.0. The van der Waals surface area contributed by atoms with Crippen molar-refractivity contribution in [2.75, 3.05) is 13.1 Å². The van der Waals surface area contributed by atoms with Crippen LogP contribution in [0.25, 0.3) is 0 Å². The van der Waals surface area contributed by atoms with E-state index in [2.05, 4.69) is 15.0 Å². The van der Waals surface area contributed by atoms with E-state index in [1.165, 1.54) is 6.20 Å². The van der Waals surface area contributed by atoms with Crippen LogP contribution in [0.1, 0.15) is 50.9 Å². The summed E-state index contributed by atoms with van der Waals surface area (Å²) in [4.78, 5) is 4.33. The fourth-order valence-corrected chi connectivity index (χ4v) is 4.45. The second-order valence-corrected chi connectivity index (χ2v) is 9.42. The van der Waals surface area contributed by atoms with Crippen LogP contribution >= 0.6 is 0 Å². The molecule has 2 N–H and O–H groups in total. The van der Waals surface area contributed by atoms with Crippen LogP contribution in [-0.2, 0) is 17.8 Å². The first-order valence-corrected chi connectivity index (χ1v) is 9.00. The molecule has 6 heteroatoms. The lowest BCUT2D eigenvalue weighted by molar-refractivity contribution is 0.162. The molecule has 1 spiro atoms. The molecule has 1 aliphatic carbocycles. The van der Waals surface area contributed by atoms with Crippen molar-refractivity contribution in [3.8, 4) is 0 Å². The van der Waals surface area contributed by atoms with Gasteiger partial charge in [0.2, 0.25) is 0 Å². The van der Waals surface area contributed by atoms with Gasteiger partial charge in [-0.05, 0) is 64.8 Å². The minimum Gasteiger partial charge on any atom is -0.598 e. The number of pyridine rings is 1. The minimum absolute atomic E-state index is 0.00468. The van der Waals surface area contributed by atoms with Crippen molar-refractivity contribution in [3.63, 3.8) is 0 Å². The lowest BCUT2D eigenvalue weighted by Gasteiger charge is -2.40. The van der Waals surface area contributed by atoms with Crippen molar-refractivity contribution in [3.05, 3.63) is 29.3 Å². The summed E-state index contributed by atoms with van der Waals surface area (Å²) >= 11 is -1.17. The summed E-state index contributed by atoms with van der Waals surface area (Å²) in [6.07, 6.45) is 4.06. The quantitative estimate of drug-likeness (QED) is 0.819. The molecule has 1 aromatic rings. The van der Waals surface area contributed by atoms with E-state index in [0.717, 1.165) is 43.6 Å². The number of halogens is 1. The molecule has 2 aliphatic rings. The van der Waals surface area contributed by atoms with E-state index in [9.17, 15) is 8.94 Å². The van der Waals surface area contributed by atoms with E-state index < -0.39 is 11.4 Å². The third-order valence-electron chi connectivity index (χ3n) is 4.78. The SMILES string of the molecule is CC(C)(C)[S+]([O-])NC1c2ncc(F)cc2CC12CCNCC2. The average Bonchev–Trinajstić information content (AvgIpc) is 2.71. The zero-order valence-electron chi connectivity index (χ0n) is 13.4. The molecule has 122 valence electrons. The van der Waals surface area contributed by atoms with Gasteiger partial charge in [0.05, 0.1) is 11.9 Å². The Balaban J connectivity index is 1.94. The summed E-state index contributed by atoms with van der Waals surface area (Å²) in [5, 5.41) is 3.38. The summed E-state index contributed by atoms with van der Waals surface area (Å²) in [7, 11) is 0. The Bertz CT molecular complexity index is 555. The molecule has 0 radical (unpaired) electrons. The summed E-state index contributed by atoms with van der Waals surface area (Å²) < 4.78 is 29.1. The molecule has 1 aliphatic heterocycles. The molecule has 3 rings (SSSR count). The number of nitrogens with zero attached hydrogens (tertiary/aromatic N) is 1. The molecule has 1 fully saturated rings. The van der Waals surface area contributed by atoms with Gasteiger partial charge in [-0.15, -0.1) is 4.72 Å². The molecule has 22 heavy (non-hydrogen) atoms. The molecular weight excluding hydrogens is 301 g/mol. The Morgan fingerprint density at radius 1 is 1.41 bits per heavy atom. The van der Waals surface area contributed by atoms with E-state index in [0.29, 0.717) is 0 Å². The first kappa shape index (κ1) is 16.2. The van der Waals surface area contributed by atoms with Gasteiger partial charge in [-0.3, -0.25) is 4.98 Å². The maximum atomic E-state index is 13.5. The third kappa shape index (κ3) is 2.89. The normalized spacial score (nSPS) is 25.2. The number of nitrogens with one attached hydrogen (secondary N) is 2. The Morgan fingerprint density at radius 2 is 2.09 bits per heavy atom. The second kappa shape index (κ2) is 5.74. The van der Waals surface area contributed by atoms with E-state index in [-0.39, 0.29) is 22.0 Å². The average molecular weight is 325 g/mol. The van der Waals surface area contributed by atoms with Gasteiger partial charge < -0.3 is 9.87 Å². The number of hydrogen-bond acceptors (Lipinski definition) is 4. The summed E-state index contributed by atoms with van der Waals surface area (Å²) in [6.45, 7) is 7.76. The molecule has 2 unspecified atom stereocenters. The van der Waals surface area contributed by atoms with Crippen LogP contribution in [0.15, 0.2) is 12.3 Å². The zero-order valence-corrected chi connectivity index (χ0v) is 14.2. The summed E-state index contributed by atoms with van der Waals surface area (Å²) in [5.41, 5.74) is 1.83. The molecule has 1 aromatic heterocycles. The molecule has 4 nitrogen and oxygen atoms in total. The Labute approximate surface area is 134 Å². The topological polar surface area (TPSA) is 60.0 Å². The van der Waals surface area contributed by atoms with Crippen LogP contribution in [0.2, 0.25) is 0 Å². The smallest absolute Gasteiger partial charge is 0.141 e. The van der Waals surface area contributed by atoms with Crippen molar-refractivity contribution in [2.45, 2.75) is 50.8 Å². The van der Waals surface area contributed by atoms with Crippen LogP contribution in [0.4, 0.5) is 4.39 Å². The van der Waals surface area contributed by atoms with Gasteiger partial charge >= 0.3 is 0 Å². The van der Waals surface area contributed by atoms with Crippen LogP contribution in [0.3, 0.4) is 0 Å². The van der Waals surface area contributed by atoms with Gasteiger partial charge in [-0.25, -0.2) is 4.39 Å². The van der Waals surface area contributed by atoms with E-state index >= 15 is 0 Å². The lowest BCUT2D eigenvalue weighted by atomic mass is 9.74. The highest BCUT2D eigenvalue weighted by Crippen LogP contribution is 2.51. The van der Waals surface area contributed by atoms with Crippen molar-refractivity contribution >= 4 is 11.4 Å². The van der Waals surface area contributed by atoms with Gasteiger partial charge in [0.15, 0.2) is 0 Å². The van der Waals surface area contributed by atoms with Crippen molar-refractivity contribution in [2.24, 2.45) is 5.41 Å². The van der Waals surface area contributed by atoms with Crippen molar-refractivity contribution in [1.29, 1.82) is 0 Å². The van der Waals surface area contributed by atoms with Gasteiger partial charge in [-0.1, -0.05) is 0 Å². The number of rotatable bonds is 2. The van der Waals surface area contributed by atoms with E-state index in [4.69, 9.17) is 0 Å². The number of fused-ring (bicyclic) bond motifs is 1. The maximum absolute atomic E-state index is 13.5. The van der Waals surface area contributed by atoms with Gasteiger partial charge in [-0.2, -0.15) is 0 Å². The second-order valence-electron chi connectivity index (χ2n) is 7.42. The minimum atomic E-state index is -1.17. The highest BCUT2D eigenvalue weighted by molar-refractivity contribution is 7.90. The van der Waals surface area contributed by atoms with E-state index in [1.807, 2.05) is 20.8 Å². The predicted octanol–water partition coefficient (Wildman–Crippen LogP) is 2.24. The number of aromatic nitrogens is 1. The molecule has 0 amide bonds.